The van der Waals surface area contributed by atoms with Gasteiger partial charge in [0.05, 0.1) is 4.92 Å². The fourth-order valence-electron chi connectivity index (χ4n) is 1.77. The molecule has 0 radical (unpaired) electrons. The van der Waals surface area contributed by atoms with Crippen molar-refractivity contribution in [3.05, 3.63) is 67.1 Å². The van der Waals surface area contributed by atoms with Crippen molar-refractivity contribution in [3.63, 3.8) is 0 Å². The Balaban J connectivity index is 2.27. The maximum absolute atomic E-state index is 12.1. The monoisotopic (exact) mass is 368 g/mol. The molecule has 0 atom stereocenters. The van der Waals surface area contributed by atoms with Crippen LogP contribution in [0.4, 0.5) is 11.4 Å². The Morgan fingerprint density at radius 2 is 2.00 bits per heavy atom. The summed E-state index contributed by atoms with van der Waals surface area (Å²) in [4.78, 5) is 22.5. The first kappa shape index (κ1) is 15.5. The van der Waals surface area contributed by atoms with Crippen molar-refractivity contribution >= 4 is 44.8 Å². The number of benzene rings is 2. The van der Waals surface area contributed by atoms with Gasteiger partial charge in [0.15, 0.2) is 0 Å². The van der Waals surface area contributed by atoms with E-state index < -0.39 is 10.8 Å². The number of amides is 1. The minimum absolute atomic E-state index is 0.0416. The molecule has 0 aliphatic heterocycles. The highest BCUT2D eigenvalue weighted by Gasteiger charge is 2.13. The van der Waals surface area contributed by atoms with Crippen LogP contribution in [0.1, 0.15) is 15.9 Å². The first-order valence-electron chi connectivity index (χ1n) is 5.89. The zero-order valence-electron chi connectivity index (χ0n) is 10.9. The molecule has 21 heavy (non-hydrogen) atoms. The van der Waals surface area contributed by atoms with Crippen LogP contribution < -0.4 is 5.32 Å². The highest BCUT2D eigenvalue weighted by atomic mass is 79.9. The van der Waals surface area contributed by atoms with Crippen LogP contribution in [0.2, 0.25) is 5.02 Å². The van der Waals surface area contributed by atoms with Crippen molar-refractivity contribution in [2.75, 3.05) is 5.32 Å². The van der Waals surface area contributed by atoms with Gasteiger partial charge in [-0.25, -0.2) is 0 Å². The van der Waals surface area contributed by atoms with Crippen LogP contribution in [-0.2, 0) is 0 Å². The summed E-state index contributed by atoms with van der Waals surface area (Å²) in [7, 11) is 0. The minimum atomic E-state index is -0.485. The molecule has 0 unspecified atom stereocenters. The van der Waals surface area contributed by atoms with Crippen LogP contribution in [0.25, 0.3) is 0 Å². The van der Waals surface area contributed by atoms with E-state index >= 15 is 0 Å². The number of anilines is 1. The maximum atomic E-state index is 12.1. The summed E-state index contributed by atoms with van der Waals surface area (Å²) in [5, 5.41) is 13.9. The van der Waals surface area contributed by atoms with Crippen LogP contribution in [0.3, 0.4) is 0 Å². The number of hydrogen-bond acceptors (Lipinski definition) is 3. The molecule has 7 heteroatoms. The van der Waals surface area contributed by atoms with Gasteiger partial charge in [-0.3, -0.25) is 14.9 Å². The van der Waals surface area contributed by atoms with Crippen LogP contribution in [0.15, 0.2) is 40.9 Å². The highest BCUT2D eigenvalue weighted by Crippen LogP contribution is 2.24. The largest absolute Gasteiger partial charge is 0.322 e. The van der Waals surface area contributed by atoms with E-state index in [1.807, 2.05) is 0 Å². The lowest BCUT2D eigenvalue weighted by atomic mass is 10.1. The molecule has 0 bridgehead atoms. The lowest BCUT2D eigenvalue weighted by Crippen LogP contribution is -2.12. The second kappa shape index (κ2) is 6.24. The third kappa shape index (κ3) is 3.80. The quantitative estimate of drug-likeness (QED) is 0.636. The fourth-order valence-corrected chi connectivity index (χ4v) is 2.63. The number of nitro groups is 1. The smallest absolute Gasteiger partial charge is 0.274 e. The van der Waals surface area contributed by atoms with Gasteiger partial charge in [-0.1, -0.05) is 33.6 Å². The summed E-state index contributed by atoms with van der Waals surface area (Å²) in [5.41, 5.74) is 1.20. The molecule has 2 aromatic rings. The van der Waals surface area contributed by atoms with Crippen LogP contribution in [0.5, 0.6) is 0 Å². The first-order chi connectivity index (χ1) is 9.86. The zero-order valence-corrected chi connectivity index (χ0v) is 13.2. The third-order valence-corrected chi connectivity index (χ3v) is 3.46. The van der Waals surface area contributed by atoms with Gasteiger partial charge in [0.2, 0.25) is 0 Å². The summed E-state index contributed by atoms with van der Waals surface area (Å²) in [5.74, 6) is -0.392. The number of aryl methyl sites for hydroxylation is 1. The molecule has 0 saturated carbocycles. The van der Waals surface area contributed by atoms with E-state index in [1.165, 1.54) is 12.1 Å². The van der Waals surface area contributed by atoms with Crippen molar-refractivity contribution in [1.29, 1.82) is 0 Å². The molecule has 0 aliphatic rings. The molecule has 108 valence electrons. The normalized spacial score (nSPS) is 10.2. The lowest BCUT2D eigenvalue weighted by molar-refractivity contribution is -0.385. The number of nitrogens with zero attached hydrogens (tertiary/aromatic N) is 1. The minimum Gasteiger partial charge on any atom is -0.322 e. The van der Waals surface area contributed by atoms with Crippen LogP contribution in [-0.4, -0.2) is 10.8 Å². The number of carbonyl (C=O) groups excluding carboxylic acids is 1. The van der Waals surface area contributed by atoms with Gasteiger partial charge in [0, 0.05) is 32.4 Å². The average molecular weight is 370 g/mol. The molecular formula is C14H10BrClN2O3. The van der Waals surface area contributed by atoms with E-state index in [9.17, 15) is 14.9 Å². The topological polar surface area (TPSA) is 72.2 Å². The van der Waals surface area contributed by atoms with Gasteiger partial charge >= 0.3 is 0 Å². The van der Waals surface area contributed by atoms with E-state index in [2.05, 4.69) is 21.2 Å². The van der Waals surface area contributed by atoms with Crippen molar-refractivity contribution in [2.45, 2.75) is 6.92 Å². The number of rotatable bonds is 3. The number of halogens is 2. The predicted octanol–water partition coefficient (Wildman–Crippen LogP) is 4.57. The van der Waals surface area contributed by atoms with Gasteiger partial charge in [0.25, 0.3) is 11.6 Å². The Hall–Kier alpha value is -1.92. The Morgan fingerprint density at radius 3 is 2.62 bits per heavy atom. The van der Waals surface area contributed by atoms with Gasteiger partial charge in [0.1, 0.15) is 0 Å². The summed E-state index contributed by atoms with van der Waals surface area (Å²) in [6.45, 7) is 1.64. The van der Waals surface area contributed by atoms with Crippen LogP contribution >= 0.6 is 27.5 Å². The van der Waals surface area contributed by atoms with E-state index in [0.717, 1.165) is 0 Å². The van der Waals surface area contributed by atoms with Gasteiger partial charge in [-0.2, -0.15) is 0 Å². The molecule has 0 aliphatic carbocycles. The van der Waals surface area contributed by atoms with Gasteiger partial charge < -0.3 is 5.32 Å². The third-order valence-electron chi connectivity index (χ3n) is 2.79. The number of hydrogen-bond donors (Lipinski definition) is 1. The van der Waals surface area contributed by atoms with Crippen molar-refractivity contribution in [3.8, 4) is 0 Å². The Morgan fingerprint density at radius 1 is 1.29 bits per heavy atom. The molecule has 0 spiro atoms. The maximum Gasteiger partial charge on any atom is 0.274 e. The van der Waals surface area contributed by atoms with Gasteiger partial charge in [-0.05, 0) is 31.2 Å². The van der Waals surface area contributed by atoms with E-state index in [0.29, 0.717) is 26.3 Å². The number of nitro benzene ring substituents is 1. The van der Waals surface area contributed by atoms with Gasteiger partial charge in [-0.15, -0.1) is 0 Å². The highest BCUT2D eigenvalue weighted by molar-refractivity contribution is 9.10. The SMILES string of the molecule is Cc1ccc(NC(=O)c2cc(Cl)cc(Br)c2)cc1[N+](=O)[O-]. The Labute approximate surface area is 134 Å². The molecule has 0 aromatic heterocycles. The molecule has 0 heterocycles. The fraction of sp³-hybridized carbons (Fsp3) is 0.0714. The van der Waals surface area contributed by atoms with E-state index in [4.69, 9.17) is 11.6 Å². The number of carbonyl (C=O) groups is 1. The molecule has 0 saturated heterocycles. The van der Waals surface area contributed by atoms with E-state index in [-0.39, 0.29) is 5.69 Å². The summed E-state index contributed by atoms with van der Waals surface area (Å²) >= 11 is 9.14. The van der Waals surface area contributed by atoms with Crippen molar-refractivity contribution in [2.24, 2.45) is 0 Å². The summed E-state index contributed by atoms with van der Waals surface area (Å²) in [6, 6.07) is 9.32. The predicted molar refractivity (Wildman–Crippen MR) is 84.9 cm³/mol. The molecular weight excluding hydrogens is 360 g/mol. The lowest BCUT2D eigenvalue weighted by Gasteiger charge is -2.07. The molecule has 2 rings (SSSR count). The molecule has 0 fully saturated rings. The molecule has 1 N–H and O–H groups in total. The average Bonchev–Trinajstić information content (AvgIpc) is 2.39. The standard InChI is InChI=1S/C14H10BrClN2O3/c1-8-2-3-12(7-13(8)18(20)21)17-14(19)9-4-10(15)6-11(16)5-9/h2-7H,1H3,(H,17,19). The molecule has 2 aromatic carbocycles. The van der Waals surface area contributed by atoms with Crippen LogP contribution in [0, 0.1) is 17.0 Å². The summed E-state index contributed by atoms with van der Waals surface area (Å²) < 4.78 is 0.676. The first-order valence-corrected chi connectivity index (χ1v) is 7.06. The Kier molecular flexibility index (Phi) is 4.59. The van der Waals surface area contributed by atoms with Crippen molar-refractivity contribution in [1.82, 2.24) is 0 Å². The molecule has 5 nitrogen and oxygen atoms in total. The van der Waals surface area contributed by atoms with Crippen molar-refractivity contribution < 1.29 is 9.72 Å². The second-order valence-electron chi connectivity index (χ2n) is 4.37. The number of nitrogens with one attached hydrogen (secondary N) is 1. The second-order valence-corrected chi connectivity index (χ2v) is 5.72. The molecule has 1 amide bonds. The zero-order chi connectivity index (χ0) is 15.6. The summed E-state index contributed by atoms with van der Waals surface area (Å²) in [6.07, 6.45) is 0. The van der Waals surface area contributed by atoms with E-state index in [1.54, 1.807) is 31.2 Å². The Bertz CT molecular complexity index is 714.